The smallest absolute Gasteiger partial charge is 0.416 e. The molecule has 2 N–H and O–H groups in total. The molecule has 0 saturated heterocycles. The monoisotopic (exact) mass is 269 g/mol. The van der Waals surface area contributed by atoms with Gasteiger partial charge < -0.3 is 9.57 Å². The molecule has 1 rings (SSSR count). The first-order valence-corrected chi connectivity index (χ1v) is 5.03. The Labute approximate surface area is 101 Å². The molecule has 0 bridgehead atoms. The molecule has 0 heterocycles. The van der Waals surface area contributed by atoms with E-state index in [1.54, 1.807) is 0 Å². The fourth-order valence-electron chi connectivity index (χ4n) is 1.39. The second kappa shape index (κ2) is 5.57. The van der Waals surface area contributed by atoms with E-state index >= 15 is 0 Å². The van der Waals surface area contributed by atoms with Crippen LogP contribution in [0.1, 0.15) is 11.1 Å². The van der Waals surface area contributed by atoms with Gasteiger partial charge >= 0.3 is 6.18 Å². The minimum atomic E-state index is -4.47. The Balaban J connectivity index is 3.21. The summed E-state index contributed by atoms with van der Waals surface area (Å²) in [6.45, 7) is -0.0221. The minimum absolute atomic E-state index is 0.0172. The van der Waals surface area contributed by atoms with Crippen LogP contribution < -0.4 is 10.6 Å². The first-order chi connectivity index (χ1) is 7.90. The summed E-state index contributed by atoms with van der Waals surface area (Å²) in [7, 11) is 1.25. The van der Waals surface area contributed by atoms with Crippen LogP contribution in [0.4, 0.5) is 13.2 Å². The van der Waals surface area contributed by atoms with E-state index in [0.717, 1.165) is 6.07 Å². The third-order valence-corrected chi connectivity index (χ3v) is 2.47. The summed E-state index contributed by atoms with van der Waals surface area (Å²) >= 11 is 5.77. The maximum atomic E-state index is 12.8. The van der Waals surface area contributed by atoms with Crippen molar-refractivity contribution in [1.29, 1.82) is 0 Å². The van der Waals surface area contributed by atoms with Crippen molar-refractivity contribution in [2.24, 2.45) is 5.90 Å². The standard InChI is InChI=1S/C10H11ClF3NO2/c1-16-9-5-7(10(12,13)14)6(2-3-17-15)4-8(9)11/h4-5H,2-3,15H2,1H3. The zero-order valence-corrected chi connectivity index (χ0v) is 9.73. The molecular formula is C10H11ClF3NO2. The fraction of sp³-hybridized carbons (Fsp3) is 0.400. The van der Waals surface area contributed by atoms with Gasteiger partial charge in [-0.05, 0) is 24.1 Å². The Morgan fingerprint density at radius 2 is 2.00 bits per heavy atom. The van der Waals surface area contributed by atoms with E-state index in [2.05, 4.69) is 4.84 Å². The zero-order valence-electron chi connectivity index (χ0n) is 8.97. The van der Waals surface area contributed by atoms with Gasteiger partial charge in [0.05, 0.1) is 24.3 Å². The van der Waals surface area contributed by atoms with Crippen molar-refractivity contribution in [2.45, 2.75) is 12.6 Å². The SMILES string of the molecule is COc1cc(C(F)(F)F)c(CCON)cc1Cl. The lowest BCUT2D eigenvalue weighted by Gasteiger charge is -2.15. The third-order valence-electron chi connectivity index (χ3n) is 2.17. The Hall–Kier alpha value is -0.980. The number of methoxy groups -OCH3 is 1. The highest BCUT2D eigenvalue weighted by molar-refractivity contribution is 6.32. The van der Waals surface area contributed by atoms with Gasteiger partial charge in [-0.25, -0.2) is 5.90 Å². The van der Waals surface area contributed by atoms with Crippen LogP contribution in [0, 0.1) is 0 Å². The van der Waals surface area contributed by atoms with E-state index in [1.165, 1.54) is 13.2 Å². The van der Waals surface area contributed by atoms with Crippen LogP contribution in [0.2, 0.25) is 5.02 Å². The molecule has 7 heteroatoms. The van der Waals surface area contributed by atoms with Crippen molar-refractivity contribution in [3.63, 3.8) is 0 Å². The van der Waals surface area contributed by atoms with E-state index in [1.807, 2.05) is 0 Å². The van der Waals surface area contributed by atoms with Gasteiger partial charge in [-0.15, -0.1) is 0 Å². The second-order valence-electron chi connectivity index (χ2n) is 3.26. The van der Waals surface area contributed by atoms with Crippen molar-refractivity contribution in [3.8, 4) is 5.75 Å². The molecule has 0 fully saturated rings. The number of rotatable bonds is 4. The second-order valence-corrected chi connectivity index (χ2v) is 3.67. The van der Waals surface area contributed by atoms with Gasteiger partial charge in [0.1, 0.15) is 5.75 Å². The van der Waals surface area contributed by atoms with Crippen molar-refractivity contribution in [2.75, 3.05) is 13.7 Å². The summed E-state index contributed by atoms with van der Waals surface area (Å²) in [6.07, 6.45) is -4.45. The highest BCUT2D eigenvalue weighted by atomic mass is 35.5. The topological polar surface area (TPSA) is 44.5 Å². The number of benzene rings is 1. The lowest BCUT2D eigenvalue weighted by Crippen LogP contribution is -2.12. The molecule has 3 nitrogen and oxygen atoms in total. The molecule has 0 aliphatic heterocycles. The third kappa shape index (κ3) is 3.49. The van der Waals surface area contributed by atoms with Crippen molar-refractivity contribution >= 4 is 11.6 Å². The van der Waals surface area contributed by atoms with Gasteiger partial charge in [-0.2, -0.15) is 13.2 Å². The van der Waals surface area contributed by atoms with Crippen LogP contribution in [0.25, 0.3) is 0 Å². The van der Waals surface area contributed by atoms with E-state index in [9.17, 15) is 13.2 Å². The van der Waals surface area contributed by atoms with Crippen molar-refractivity contribution < 1.29 is 22.7 Å². The Bertz CT molecular complexity index is 396. The average molecular weight is 270 g/mol. The molecule has 0 radical (unpaired) electrons. The van der Waals surface area contributed by atoms with Gasteiger partial charge in [0.15, 0.2) is 0 Å². The molecule has 0 aromatic heterocycles. The van der Waals surface area contributed by atoms with Crippen LogP contribution >= 0.6 is 11.6 Å². The van der Waals surface area contributed by atoms with Gasteiger partial charge in [-0.1, -0.05) is 11.6 Å². The van der Waals surface area contributed by atoms with Gasteiger partial charge in [0.25, 0.3) is 0 Å². The average Bonchev–Trinajstić information content (AvgIpc) is 2.24. The Morgan fingerprint density at radius 3 is 2.47 bits per heavy atom. The molecule has 0 aliphatic carbocycles. The van der Waals surface area contributed by atoms with Gasteiger partial charge in [0.2, 0.25) is 0 Å². The van der Waals surface area contributed by atoms with E-state index < -0.39 is 11.7 Å². The number of hydrogen-bond acceptors (Lipinski definition) is 3. The molecule has 0 aliphatic rings. The molecule has 0 unspecified atom stereocenters. The molecular weight excluding hydrogens is 259 g/mol. The normalized spacial score (nSPS) is 11.6. The predicted octanol–water partition coefficient (Wildman–Crippen LogP) is 2.80. The molecule has 96 valence electrons. The Morgan fingerprint density at radius 1 is 1.35 bits per heavy atom. The molecule has 1 aromatic rings. The van der Waals surface area contributed by atoms with Gasteiger partial charge in [0, 0.05) is 0 Å². The highest BCUT2D eigenvalue weighted by Gasteiger charge is 2.34. The summed E-state index contributed by atoms with van der Waals surface area (Å²) in [5.41, 5.74) is -0.774. The minimum Gasteiger partial charge on any atom is -0.495 e. The maximum absolute atomic E-state index is 12.8. The van der Waals surface area contributed by atoms with Crippen LogP contribution in [-0.4, -0.2) is 13.7 Å². The van der Waals surface area contributed by atoms with E-state index in [0.29, 0.717) is 0 Å². The summed E-state index contributed by atoms with van der Waals surface area (Å²) in [4.78, 5) is 4.27. The van der Waals surface area contributed by atoms with Crippen LogP contribution in [0.5, 0.6) is 5.75 Å². The van der Waals surface area contributed by atoms with E-state index in [-0.39, 0.29) is 29.4 Å². The van der Waals surface area contributed by atoms with Crippen molar-refractivity contribution in [1.82, 2.24) is 0 Å². The fourth-order valence-corrected chi connectivity index (χ4v) is 1.65. The molecule has 0 spiro atoms. The van der Waals surface area contributed by atoms with E-state index in [4.69, 9.17) is 22.2 Å². The molecule has 1 aromatic carbocycles. The summed E-state index contributed by atoms with van der Waals surface area (Å²) in [6, 6.07) is 2.08. The number of nitrogens with two attached hydrogens (primary N) is 1. The lowest BCUT2D eigenvalue weighted by atomic mass is 10.0. The molecule has 17 heavy (non-hydrogen) atoms. The van der Waals surface area contributed by atoms with Crippen molar-refractivity contribution in [3.05, 3.63) is 28.3 Å². The summed E-state index contributed by atoms with van der Waals surface area (Å²) in [5.74, 6) is 4.77. The number of halogens is 4. The first-order valence-electron chi connectivity index (χ1n) is 4.65. The van der Waals surface area contributed by atoms with Crippen LogP contribution in [0.3, 0.4) is 0 Å². The number of ether oxygens (including phenoxy) is 1. The predicted molar refractivity (Wildman–Crippen MR) is 56.8 cm³/mol. The summed E-state index contributed by atoms with van der Waals surface area (Å²) < 4.78 is 43.0. The molecule has 0 amide bonds. The molecule has 0 saturated carbocycles. The first kappa shape index (κ1) is 14.1. The van der Waals surface area contributed by atoms with Crippen LogP contribution in [0.15, 0.2) is 12.1 Å². The zero-order chi connectivity index (χ0) is 13.1. The number of hydrogen-bond donors (Lipinski definition) is 1. The quantitative estimate of drug-likeness (QED) is 0.855. The summed E-state index contributed by atoms with van der Waals surface area (Å²) in [5, 5.41) is 0.118. The number of alkyl halides is 3. The lowest BCUT2D eigenvalue weighted by molar-refractivity contribution is -0.138. The van der Waals surface area contributed by atoms with Crippen LogP contribution in [-0.2, 0) is 17.4 Å². The highest BCUT2D eigenvalue weighted by Crippen LogP contribution is 2.38. The van der Waals surface area contributed by atoms with Gasteiger partial charge in [-0.3, -0.25) is 0 Å². The Kier molecular flexibility index (Phi) is 4.62. The maximum Gasteiger partial charge on any atom is 0.416 e. The molecule has 0 atom stereocenters. The largest absolute Gasteiger partial charge is 0.495 e.